The predicted molar refractivity (Wildman–Crippen MR) is 61.0 cm³/mol. The van der Waals surface area contributed by atoms with Gasteiger partial charge < -0.3 is 0 Å². The van der Waals surface area contributed by atoms with Crippen LogP contribution in [0.1, 0.15) is 26.2 Å². The minimum absolute atomic E-state index is 0. The van der Waals surface area contributed by atoms with Gasteiger partial charge in [0.15, 0.2) is 0 Å². The monoisotopic (exact) mass is 271 g/mol. The van der Waals surface area contributed by atoms with Gasteiger partial charge in [-0.2, -0.15) is 0 Å². The average molecular weight is 272 g/mol. The van der Waals surface area contributed by atoms with Crippen LogP contribution in [0.4, 0.5) is 0 Å². The molecule has 0 N–H and O–H groups in total. The number of ether oxygens (including phenoxy) is 1. The zero-order chi connectivity index (χ0) is 8.81. The van der Waals surface area contributed by atoms with E-state index in [4.69, 9.17) is 4.74 Å². The number of hydrogen-bond donors (Lipinski definition) is 0. The molecule has 4 heteroatoms. The first-order chi connectivity index (χ1) is 5.84. The van der Waals surface area contributed by atoms with Gasteiger partial charge in [-0.05, 0) is 0 Å². The fraction of sp³-hybridized carbons (Fsp3) is 0.600. The predicted octanol–water partition coefficient (Wildman–Crippen LogP) is 3.41. The molecule has 81 valence electrons. The molecule has 0 amide bonds. The van der Waals surface area contributed by atoms with Crippen molar-refractivity contribution in [1.82, 2.24) is 0 Å². The number of rotatable bonds is 5. The quantitative estimate of drug-likeness (QED) is 0.550. The first-order valence-electron chi connectivity index (χ1n) is 4.52. The van der Waals surface area contributed by atoms with Crippen molar-refractivity contribution in [3.8, 4) is 0 Å². The SMILES string of the molecule is CCCCOCC1=[C]([Ti])CC=C1.Cl.Cl. The molecule has 0 spiro atoms. The molecule has 0 bridgehead atoms. The molecule has 0 unspecified atom stereocenters. The molecule has 0 fully saturated rings. The topological polar surface area (TPSA) is 9.23 Å². The summed E-state index contributed by atoms with van der Waals surface area (Å²) < 4.78 is 6.98. The second kappa shape index (κ2) is 10.3. The second-order valence-corrected chi connectivity index (χ2v) is 3.96. The van der Waals surface area contributed by atoms with E-state index in [1.54, 1.807) is 0 Å². The van der Waals surface area contributed by atoms with Crippen LogP contribution in [0.15, 0.2) is 21.6 Å². The van der Waals surface area contributed by atoms with Crippen molar-refractivity contribution >= 4 is 24.8 Å². The van der Waals surface area contributed by atoms with Crippen LogP contribution in [0.3, 0.4) is 0 Å². The van der Waals surface area contributed by atoms with Gasteiger partial charge in [0.25, 0.3) is 0 Å². The molecule has 0 saturated heterocycles. The van der Waals surface area contributed by atoms with Gasteiger partial charge in [-0.25, -0.2) is 0 Å². The zero-order valence-electron chi connectivity index (χ0n) is 8.41. The van der Waals surface area contributed by atoms with Crippen molar-refractivity contribution < 1.29 is 25.2 Å². The molecule has 0 aromatic carbocycles. The first-order valence-corrected chi connectivity index (χ1v) is 5.30. The van der Waals surface area contributed by atoms with E-state index in [0.29, 0.717) is 0 Å². The molecule has 0 aliphatic heterocycles. The molecule has 0 saturated carbocycles. The van der Waals surface area contributed by atoms with Crippen LogP contribution in [0.25, 0.3) is 0 Å². The van der Waals surface area contributed by atoms with Crippen LogP contribution in [-0.4, -0.2) is 13.2 Å². The fourth-order valence-corrected chi connectivity index (χ4v) is 1.54. The van der Waals surface area contributed by atoms with E-state index in [0.717, 1.165) is 19.6 Å². The number of halogens is 2. The Hall–Kier alpha value is 0.734. The molecule has 14 heavy (non-hydrogen) atoms. The third-order valence-corrected chi connectivity index (χ3v) is 2.75. The summed E-state index contributed by atoms with van der Waals surface area (Å²) in [7, 11) is 0. The molecule has 0 atom stereocenters. The Morgan fingerprint density at radius 2 is 2.14 bits per heavy atom. The van der Waals surface area contributed by atoms with Crippen molar-refractivity contribution in [2.75, 3.05) is 13.2 Å². The van der Waals surface area contributed by atoms with Crippen molar-refractivity contribution in [2.45, 2.75) is 26.2 Å². The molecule has 1 nitrogen and oxygen atoms in total. The van der Waals surface area contributed by atoms with Gasteiger partial charge in [0.05, 0.1) is 0 Å². The number of unbranched alkanes of at least 4 members (excludes halogenated alkanes) is 1. The zero-order valence-corrected chi connectivity index (χ0v) is 11.6. The van der Waals surface area contributed by atoms with Crippen LogP contribution in [0.5, 0.6) is 0 Å². The first kappa shape index (κ1) is 17.1. The van der Waals surface area contributed by atoms with E-state index in [1.165, 1.54) is 22.3 Å². The van der Waals surface area contributed by atoms with E-state index in [-0.39, 0.29) is 24.8 Å². The Bertz CT molecular complexity index is 202. The Morgan fingerprint density at radius 1 is 1.43 bits per heavy atom. The van der Waals surface area contributed by atoms with E-state index in [1.807, 2.05) is 0 Å². The van der Waals surface area contributed by atoms with E-state index in [2.05, 4.69) is 39.5 Å². The van der Waals surface area contributed by atoms with Crippen LogP contribution < -0.4 is 0 Å². The minimum Gasteiger partial charge on any atom is -0.147 e. The largest absolute Gasteiger partial charge is 0.147 e. The molecule has 1 aliphatic rings. The molecule has 1 rings (SSSR count). The van der Waals surface area contributed by atoms with Crippen molar-refractivity contribution in [1.29, 1.82) is 0 Å². The summed E-state index contributed by atoms with van der Waals surface area (Å²) in [6.07, 6.45) is 7.89. The Morgan fingerprint density at radius 3 is 2.64 bits per heavy atom. The molecule has 0 aromatic heterocycles. The maximum atomic E-state index is 5.52. The summed E-state index contributed by atoms with van der Waals surface area (Å²) in [6, 6.07) is 0. The molecular weight excluding hydrogens is 255 g/mol. The van der Waals surface area contributed by atoms with Crippen LogP contribution >= 0.6 is 24.8 Å². The maximum Gasteiger partial charge on any atom is -0.147 e. The Labute approximate surface area is 111 Å². The average Bonchev–Trinajstić information content (AvgIpc) is 2.46. The summed E-state index contributed by atoms with van der Waals surface area (Å²) in [5.74, 6) is 0. The maximum absolute atomic E-state index is 5.52. The normalized spacial score (nSPS) is 13.7. The summed E-state index contributed by atoms with van der Waals surface area (Å²) >= 11 is 2.18. The van der Waals surface area contributed by atoms with E-state index >= 15 is 0 Å². The van der Waals surface area contributed by atoms with E-state index < -0.39 is 0 Å². The van der Waals surface area contributed by atoms with Gasteiger partial charge in [-0.3, -0.25) is 0 Å². The van der Waals surface area contributed by atoms with Gasteiger partial charge in [0, 0.05) is 0 Å². The van der Waals surface area contributed by atoms with Crippen molar-refractivity contribution in [3.63, 3.8) is 0 Å². The summed E-state index contributed by atoms with van der Waals surface area (Å²) in [6.45, 7) is 3.90. The van der Waals surface area contributed by atoms with Gasteiger partial charge >= 0.3 is 86.2 Å². The molecule has 1 aliphatic carbocycles. The van der Waals surface area contributed by atoms with Crippen LogP contribution in [-0.2, 0) is 25.2 Å². The van der Waals surface area contributed by atoms with Gasteiger partial charge in [-0.15, -0.1) is 24.8 Å². The van der Waals surface area contributed by atoms with E-state index in [9.17, 15) is 0 Å². The summed E-state index contributed by atoms with van der Waals surface area (Å²) in [4.78, 5) is 0. The van der Waals surface area contributed by atoms with Crippen LogP contribution in [0.2, 0.25) is 0 Å². The third-order valence-electron chi connectivity index (χ3n) is 1.93. The third kappa shape index (κ3) is 6.26. The molecule has 0 aromatic rings. The Balaban J connectivity index is 0. The summed E-state index contributed by atoms with van der Waals surface area (Å²) in [5.41, 5.74) is 1.38. The van der Waals surface area contributed by atoms with Crippen molar-refractivity contribution in [2.24, 2.45) is 0 Å². The van der Waals surface area contributed by atoms with Crippen LogP contribution in [0, 0.1) is 0 Å². The smallest absolute Gasteiger partial charge is 0.147 e. The summed E-state index contributed by atoms with van der Waals surface area (Å²) in [5, 5.41) is 0. The Kier molecular flexibility index (Phi) is 12.6. The molecule has 0 radical (unpaired) electrons. The van der Waals surface area contributed by atoms with Gasteiger partial charge in [0.2, 0.25) is 0 Å². The fourth-order valence-electron chi connectivity index (χ4n) is 1.11. The standard InChI is InChI=1S/C10H15O.2ClH.Ti/c1-2-3-8-11-9-10-6-4-5-7-10;;;/h4,6H,2-3,5,8-9H2,1H3;2*1H;. The minimum atomic E-state index is 0. The second-order valence-electron chi connectivity index (χ2n) is 3.02. The van der Waals surface area contributed by atoms with Gasteiger partial charge in [0.1, 0.15) is 0 Å². The molecular formula is C10H17Cl2OTi. The molecule has 0 heterocycles. The van der Waals surface area contributed by atoms with Crippen molar-refractivity contribution in [3.05, 3.63) is 21.6 Å². The number of hydrogen-bond acceptors (Lipinski definition) is 1. The number of allylic oxidation sites excluding steroid dienone is 2. The van der Waals surface area contributed by atoms with Gasteiger partial charge in [-0.1, -0.05) is 0 Å².